The number of carbonyl (C=O) groups is 1. The van der Waals surface area contributed by atoms with E-state index in [-0.39, 0.29) is 19.1 Å². The minimum atomic E-state index is -0.565. The summed E-state index contributed by atoms with van der Waals surface area (Å²) in [5.41, 5.74) is 1.20. The molecule has 112 valence electrons. The van der Waals surface area contributed by atoms with E-state index in [1.807, 2.05) is 13.8 Å². The fourth-order valence-corrected chi connectivity index (χ4v) is 2.31. The molecule has 1 aromatic rings. The predicted octanol–water partition coefficient (Wildman–Crippen LogP) is 1.71. The second-order valence-corrected chi connectivity index (χ2v) is 4.68. The van der Waals surface area contributed by atoms with E-state index in [9.17, 15) is 9.90 Å². The van der Waals surface area contributed by atoms with Crippen molar-refractivity contribution in [3.8, 4) is 23.8 Å². The molecule has 1 amide bonds. The fraction of sp³-hybridized carbons (Fsp3) is 0.438. The average Bonchev–Trinajstić information content (AvgIpc) is 2.50. The Bertz CT molecular complexity index is 576. The number of aliphatic hydroxyl groups excluding tert-OH is 1. The molecule has 5 nitrogen and oxygen atoms in total. The summed E-state index contributed by atoms with van der Waals surface area (Å²) in [6, 6.07) is 3.43. The first-order chi connectivity index (χ1) is 10.2. The van der Waals surface area contributed by atoms with E-state index in [4.69, 9.17) is 15.9 Å². The largest absolute Gasteiger partial charge is 0.490 e. The summed E-state index contributed by atoms with van der Waals surface area (Å²) in [6.45, 7) is 4.21. The minimum absolute atomic E-state index is 0.150. The van der Waals surface area contributed by atoms with E-state index in [1.54, 1.807) is 12.1 Å². The number of aliphatic hydroxyl groups is 1. The quantitative estimate of drug-likeness (QED) is 0.838. The van der Waals surface area contributed by atoms with E-state index in [0.717, 1.165) is 0 Å². The number of benzene rings is 1. The molecule has 0 aromatic heterocycles. The van der Waals surface area contributed by atoms with Crippen molar-refractivity contribution in [3.05, 3.63) is 17.7 Å². The molecule has 0 saturated heterocycles. The molecule has 1 aliphatic rings. The fourth-order valence-electron chi connectivity index (χ4n) is 2.31. The van der Waals surface area contributed by atoms with Gasteiger partial charge in [-0.15, -0.1) is 6.42 Å². The lowest BCUT2D eigenvalue weighted by Gasteiger charge is -2.34. The van der Waals surface area contributed by atoms with E-state index in [0.29, 0.717) is 35.8 Å². The molecular weight excluding hydrogens is 270 g/mol. The highest BCUT2D eigenvalue weighted by molar-refractivity contribution is 6.01. The second kappa shape index (κ2) is 6.51. The number of ether oxygens (including phenoxy) is 2. The van der Waals surface area contributed by atoms with Gasteiger partial charge in [-0.25, -0.2) is 0 Å². The summed E-state index contributed by atoms with van der Waals surface area (Å²) in [4.78, 5) is 13.9. The van der Waals surface area contributed by atoms with Crippen LogP contribution in [0.4, 0.5) is 5.69 Å². The molecule has 21 heavy (non-hydrogen) atoms. The number of hydrogen-bond acceptors (Lipinski definition) is 4. The monoisotopic (exact) mass is 289 g/mol. The third-order valence-corrected chi connectivity index (χ3v) is 3.29. The van der Waals surface area contributed by atoms with Gasteiger partial charge in [0.2, 0.25) is 0 Å². The number of rotatable bonds is 5. The van der Waals surface area contributed by atoms with Crippen LogP contribution in [0.1, 0.15) is 25.8 Å². The standard InChI is InChI=1S/C16H19NO4/c1-4-7-17-12-8-11(10-18)9-14(20-6-3)15(12)21-13(5-2)16(17)19/h1,8-9,13,18H,5-7,10H2,2-3H3. The number of amides is 1. The molecule has 1 heterocycles. The van der Waals surface area contributed by atoms with Crippen molar-refractivity contribution in [2.45, 2.75) is 33.0 Å². The SMILES string of the molecule is C#CCN1C(=O)C(CC)Oc2c(OCC)cc(CO)cc21. The highest BCUT2D eigenvalue weighted by Gasteiger charge is 2.35. The highest BCUT2D eigenvalue weighted by Crippen LogP contribution is 2.43. The minimum Gasteiger partial charge on any atom is -0.490 e. The molecule has 0 fully saturated rings. The topological polar surface area (TPSA) is 59.0 Å². The molecule has 0 bridgehead atoms. The van der Waals surface area contributed by atoms with Crippen LogP contribution in [0.15, 0.2) is 12.1 Å². The van der Waals surface area contributed by atoms with Crippen LogP contribution in [0.2, 0.25) is 0 Å². The van der Waals surface area contributed by atoms with Crippen LogP contribution < -0.4 is 14.4 Å². The molecule has 1 atom stereocenters. The zero-order valence-corrected chi connectivity index (χ0v) is 12.3. The molecular formula is C16H19NO4. The third-order valence-electron chi connectivity index (χ3n) is 3.29. The van der Waals surface area contributed by atoms with Gasteiger partial charge in [-0.2, -0.15) is 0 Å². The van der Waals surface area contributed by atoms with Crippen molar-refractivity contribution < 1.29 is 19.4 Å². The number of terminal acetylenes is 1. The van der Waals surface area contributed by atoms with Gasteiger partial charge in [0.1, 0.15) is 0 Å². The van der Waals surface area contributed by atoms with Crippen molar-refractivity contribution in [2.24, 2.45) is 0 Å². The maximum absolute atomic E-state index is 12.4. The highest BCUT2D eigenvalue weighted by atomic mass is 16.5. The normalized spacial score (nSPS) is 17.0. The van der Waals surface area contributed by atoms with Crippen molar-refractivity contribution in [2.75, 3.05) is 18.1 Å². The summed E-state index contributed by atoms with van der Waals surface area (Å²) >= 11 is 0. The smallest absolute Gasteiger partial charge is 0.269 e. The van der Waals surface area contributed by atoms with Crippen LogP contribution in [0.25, 0.3) is 0 Å². The van der Waals surface area contributed by atoms with Gasteiger partial charge in [-0.1, -0.05) is 12.8 Å². The van der Waals surface area contributed by atoms with Gasteiger partial charge in [0.15, 0.2) is 17.6 Å². The average molecular weight is 289 g/mol. The maximum atomic E-state index is 12.4. The Morgan fingerprint density at radius 1 is 1.48 bits per heavy atom. The van der Waals surface area contributed by atoms with E-state index >= 15 is 0 Å². The number of anilines is 1. The maximum Gasteiger partial charge on any atom is 0.269 e. The van der Waals surface area contributed by atoms with Crippen LogP contribution >= 0.6 is 0 Å². The summed E-state index contributed by atoms with van der Waals surface area (Å²) < 4.78 is 11.4. The van der Waals surface area contributed by atoms with Gasteiger partial charge in [0.05, 0.1) is 25.4 Å². The molecule has 2 rings (SSSR count). The molecule has 1 aromatic carbocycles. The van der Waals surface area contributed by atoms with Gasteiger partial charge in [0.25, 0.3) is 5.91 Å². The summed E-state index contributed by atoms with van der Waals surface area (Å²) in [6.07, 6.45) is 5.35. The zero-order chi connectivity index (χ0) is 15.4. The molecule has 0 spiro atoms. The van der Waals surface area contributed by atoms with Crippen LogP contribution in [-0.2, 0) is 11.4 Å². The van der Waals surface area contributed by atoms with E-state index in [1.165, 1.54) is 4.90 Å². The van der Waals surface area contributed by atoms with E-state index < -0.39 is 6.10 Å². The first kappa shape index (κ1) is 15.2. The van der Waals surface area contributed by atoms with Crippen molar-refractivity contribution in [1.29, 1.82) is 0 Å². The molecule has 0 aliphatic carbocycles. The van der Waals surface area contributed by atoms with Gasteiger partial charge < -0.3 is 14.6 Å². The zero-order valence-electron chi connectivity index (χ0n) is 12.3. The van der Waals surface area contributed by atoms with Gasteiger partial charge >= 0.3 is 0 Å². The third kappa shape index (κ3) is 2.81. The summed E-state index contributed by atoms with van der Waals surface area (Å²) in [5, 5.41) is 9.37. The van der Waals surface area contributed by atoms with Crippen LogP contribution in [-0.4, -0.2) is 30.3 Å². The molecule has 5 heteroatoms. The molecule has 0 saturated carbocycles. The van der Waals surface area contributed by atoms with E-state index in [2.05, 4.69) is 5.92 Å². The Balaban J connectivity index is 2.57. The van der Waals surface area contributed by atoms with Crippen molar-refractivity contribution >= 4 is 11.6 Å². The van der Waals surface area contributed by atoms with Gasteiger partial charge in [-0.3, -0.25) is 9.69 Å². The predicted molar refractivity (Wildman–Crippen MR) is 79.4 cm³/mol. The van der Waals surface area contributed by atoms with Crippen molar-refractivity contribution in [1.82, 2.24) is 0 Å². The lowest BCUT2D eigenvalue weighted by molar-refractivity contribution is -0.126. The van der Waals surface area contributed by atoms with Gasteiger partial charge in [-0.05, 0) is 31.0 Å². The number of nitrogens with zero attached hydrogens (tertiary/aromatic N) is 1. The Morgan fingerprint density at radius 2 is 2.24 bits per heavy atom. The first-order valence-electron chi connectivity index (χ1n) is 6.98. The lowest BCUT2D eigenvalue weighted by atomic mass is 10.1. The lowest BCUT2D eigenvalue weighted by Crippen LogP contribution is -2.46. The van der Waals surface area contributed by atoms with Crippen LogP contribution in [0.5, 0.6) is 11.5 Å². The Hall–Kier alpha value is -2.19. The number of carbonyl (C=O) groups excluding carboxylic acids is 1. The Labute approximate surface area is 124 Å². The summed E-state index contributed by atoms with van der Waals surface area (Å²) in [7, 11) is 0. The van der Waals surface area contributed by atoms with Gasteiger partial charge in [0, 0.05) is 0 Å². The molecule has 0 radical (unpaired) electrons. The molecule has 1 aliphatic heterocycles. The summed E-state index contributed by atoms with van der Waals surface area (Å²) in [5.74, 6) is 3.35. The molecule has 1 unspecified atom stereocenters. The first-order valence-corrected chi connectivity index (χ1v) is 6.98. The van der Waals surface area contributed by atoms with Crippen molar-refractivity contribution in [3.63, 3.8) is 0 Å². The Morgan fingerprint density at radius 3 is 2.81 bits per heavy atom. The van der Waals surface area contributed by atoms with Crippen LogP contribution in [0.3, 0.4) is 0 Å². The van der Waals surface area contributed by atoms with Crippen LogP contribution in [0, 0.1) is 12.3 Å². The second-order valence-electron chi connectivity index (χ2n) is 4.68. The molecule has 1 N–H and O–H groups in total. The number of fused-ring (bicyclic) bond motifs is 1. The Kier molecular flexibility index (Phi) is 4.71. The number of hydrogen-bond donors (Lipinski definition) is 1.